The Morgan fingerprint density at radius 1 is 1.24 bits per heavy atom. The number of rotatable bonds is 6. The highest BCUT2D eigenvalue weighted by molar-refractivity contribution is 9.11. The van der Waals surface area contributed by atoms with Gasteiger partial charge in [0, 0.05) is 33.6 Å². The lowest BCUT2D eigenvalue weighted by Crippen LogP contribution is -2.12. The average Bonchev–Trinajstić information content (AvgIpc) is 3.13. The molecule has 9 heteroatoms. The molecule has 0 N–H and O–H groups in total. The molecule has 1 atom stereocenters. The summed E-state index contributed by atoms with van der Waals surface area (Å²) in [4.78, 5) is 4.07. The van der Waals surface area contributed by atoms with Crippen molar-refractivity contribution in [2.75, 3.05) is 0 Å². The van der Waals surface area contributed by atoms with E-state index in [4.69, 9.17) is 39.5 Å². The molecule has 0 saturated carbocycles. The molecule has 1 aromatic carbocycles. The molecule has 0 bridgehead atoms. The maximum Gasteiger partial charge on any atom is 0.102 e. The van der Waals surface area contributed by atoms with Crippen molar-refractivity contribution in [1.82, 2.24) is 9.55 Å². The first-order valence-electron chi connectivity index (χ1n) is 6.99. The van der Waals surface area contributed by atoms with Crippen molar-refractivity contribution >= 4 is 74.5 Å². The highest BCUT2D eigenvalue weighted by Crippen LogP contribution is 2.34. The van der Waals surface area contributed by atoms with Gasteiger partial charge in [-0.05, 0) is 34.1 Å². The smallest absolute Gasteiger partial charge is 0.102 e. The fourth-order valence-electron chi connectivity index (χ4n) is 2.25. The SMILES string of the molecule is Cl.Clc1ccc(C(Cn2ccnc2)OCc2cc(Br)sc2Cl)c(Cl)c1. The number of benzene rings is 1. The fourth-order valence-corrected chi connectivity index (χ4v) is 4.80. The van der Waals surface area contributed by atoms with Crippen molar-refractivity contribution in [3.8, 4) is 0 Å². The second-order valence-corrected chi connectivity index (χ2v) is 8.95. The molecule has 2 aromatic heterocycles. The van der Waals surface area contributed by atoms with E-state index >= 15 is 0 Å². The van der Waals surface area contributed by atoms with Crippen LogP contribution in [0.2, 0.25) is 14.4 Å². The predicted octanol–water partition coefficient (Wildman–Crippen LogP) is 7.05. The third-order valence-electron chi connectivity index (χ3n) is 3.41. The Morgan fingerprint density at radius 2 is 2.04 bits per heavy atom. The molecule has 0 radical (unpaired) electrons. The third kappa shape index (κ3) is 5.60. The molecular formula is C16H13BrCl4N2OS. The van der Waals surface area contributed by atoms with Crippen molar-refractivity contribution in [1.29, 1.82) is 0 Å². The number of thiophene rings is 1. The van der Waals surface area contributed by atoms with Crippen molar-refractivity contribution in [3.05, 3.63) is 72.3 Å². The van der Waals surface area contributed by atoms with Crippen molar-refractivity contribution in [2.45, 2.75) is 19.3 Å². The van der Waals surface area contributed by atoms with Gasteiger partial charge in [0.05, 0.1) is 27.6 Å². The van der Waals surface area contributed by atoms with Gasteiger partial charge < -0.3 is 9.30 Å². The number of nitrogens with zero attached hydrogens (tertiary/aromatic N) is 2. The summed E-state index contributed by atoms with van der Waals surface area (Å²) in [5.41, 5.74) is 1.81. The number of ether oxygens (including phenoxy) is 1. The largest absolute Gasteiger partial charge is 0.367 e. The van der Waals surface area contributed by atoms with Crippen LogP contribution in [-0.2, 0) is 17.9 Å². The van der Waals surface area contributed by atoms with E-state index in [1.807, 2.05) is 22.9 Å². The monoisotopic (exact) mass is 500 g/mol. The van der Waals surface area contributed by atoms with Gasteiger partial charge in [-0.2, -0.15) is 0 Å². The summed E-state index contributed by atoms with van der Waals surface area (Å²) in [6.45, 7) is 0.976. The van der Waals surface area contributed by atoms with Gasteiger partial charge in [0.1, 0.15) is 6.10 Å². The number of hydrogen-bond acceptors (Lipinski definition) is 3. The minimum atomic E-state index is -0.251. The maximum atomic E-state index is 6.36. The predicted molar refractivity (Wildman–Crippen MR) is 110 cm³/mol. The molecule has 0 spiro atoms. The highest BCUT2D eigenvalue weighted by atomic mass is 79.9. The van der Waals surface area contributed by atoms with E-state index < -0.39 is 0 Å². The van der Waals surface area contributed by atoms with Gasteiger partial charge in [-0.3, -0.25) is 0 Å². The van der Waals surface area contributed by atoms with E-state index in [0.29, 0.717) is 27.5 Å². The van der Waals surface area contributed by atoms with Crippen LogP contribution >= 0.6 is 74.5 Å². The first-order chi connectivity index (χ1) is 11.5. The lowest BCUT2D eigenvalue weighted by Gasteiger charge is -2.20. The lowest BCUT2D eigenvalue weighted by atomic mass is 10.1. The van der Waals surface area contributed by atoms with E-state index in [2.05, 4.69) is 20.9 Å². The zero-order chi connectivity index (χ0) is 17.1. The second-order valence-electron chi connectivity index (χ2n) is 5.07. The molecular weight excluding hydrogens is 490 g/mol. The molecule has 3 rings (SSSR count). The first-order valence-corrected chi connectivity index (χ1v) is 9.73. The van der Waals surface area contributed by atoms with Crippen molar-refractivity contribution in [3.63, 3.8) is 0 Å². The van der Waals surface area contributed by atoms with E-state index in [1.54, 1.807) is 24.7 Å². The van der Waals surface area contributed by atoms with Crippen LogP contribution in [0.1, 0.15) is 17.2 Å². The van der Waals surface area contributed by atoms with Gasteiger partial charge in [0.15, 0.2) is 0 Å². The Bertz CT molecular complexity index is 826. The van der Waals surface area contributed by atoms with Gasteiger partial charge in [-0.25, -0.2) is 4.98 Å². The summed E-state index contributed by atoms with van der Waals surface area (Å²) < 4.78 is 9.76. The molecule has 2 heterocycles. The lowest BCUT2D eigenvalue weighted by molar-refractivity contribution is 0.0282. The topological polar surface area (TPSA) is 27.1 Å². The number of halogens is 5. The summed E-state index contributed by atoms with van der Waals surface area (Å²) in [6, 6.07) is 7.38. The number of hydrogen-bond donors (Lipinski definition) is 0. The van der Waals surface area contributed by atoms with Crippen LogP contribution in [0.4, 0.5) is 0 Å². The maximum absolute atomic E-state index is 6.36. The molecule has 1 unspecified atom stereocenters. The molecule has 0 amide bonds. The Labute approximate surface area is 179 Å². The summed E-state index contributed by atoms with van der Waals surface area (Å²) in [7, 11) is 0. The van der Waals surface area contributed by atoms with Crippen LogP contribution < -0.4 is 0 Å². The van der Waals surface area contributed by atoms with E-state index in [1.165, 1.54) is 11.3 Å². The minimum Gasteiger partial charge on any atom is -0.367 e. The quantitative estimate of drug-likeness (QED) is 0.361. The zero-order valence-electron chi connectivity index (χ0n) is 12.7. The van der Waals surface area contributed by atoms with E-state index in [9.17, 15) is 0 Å². The molecule has 3 aromatic rings. The van der Waals surface area contributed by atoms with E-state index in [-0.39, 0.29) is 18.5 Å². The molecule has 0 aliphatic heterocycles. The summed E-state index contributed by atoms with van der Waals surface area (Å²) in [5, 5.41) is 1.17. The summed E-state index contributed by atoms with van der Waals surface area (Å²) >= 11 is 23.5. The van der Waals surface area contributed by atoms with Crippen LogP contribution in [0.15, 0.2) is 46.8 Å². The molecule has 25 heavy (non-hydrogen) atoms. The van der Waals surface area contributed by atoms with Crippen LogP contribution in [0.3, 0.4) is 0 Å². The first kappa shape index (κ1) is 21.0. The fraction of sp³-hybridized carbons (Fsp3) is 0.188. The third-order valence-corrected chi connectivity index (χ3v) is 5.92. The van der Waals surface area contributed by atoms with Crippen LogP contribution in [0, 0.1) is 0 Å². The molecule has 0 aliphatic carbocycles. The molecule has 3 nitrogen and oxygen atoms in total. The van der Waals surface area contributed by atoms with Gasteiger partial charge >= 0.3 is 0 Å². The normalized spacial score (nSPS) is 12.0. The molecule has 0 aliphatic rings. The molecule has 134 valence electrons. The second kappa shape index (κ2) is 9.60. The highest BCUT2D eigenvalue weighted by Gasteiger charge is 2.18. The van der Waals surface area contributed by atoms with Gasteiger partial charge in [0.25, 0.3) is 0 Å². The zero-order valence-corrected chi connectivity index (χ0v) is 18.2. The van der Waals surface area contributed by atoms with Crippen molar-refractivity contribution < 1.29 is 4.74 Å². The van der Waals surface area contributed by atoms with Gasteiger partial charge in [-0.1, -0.05) is 40.9 Å². The number of aromatic nitrogens is 2. The van der Waals surface area contributed by atoms with Crippen LogP contribution in [0.25, 0.3) is 0 Å². The Kier molecular flexibility index (Phi) is 8.08. The van der Waals surface area contributed by atoms with Gasteiger partial charge in [0.2, 0.25) is 0 Å². The average molecular weight is 503 g/mol. The molecule has 0 fully saturated rings. The van der Waals surface area contributed by atoms with E-state index in [0.717, 1.165) is 14.9 Å². The Morgan fingerprint density at radius 3 is 2.64 bits per heavy atom. The molecule has 0 saturated heterocycles. The Balaban J connectivity index is 0.00000225. The minimum absolute atomic E-state index is 0. The standard InChI is InChI=1S/C16H12BrCl3N2OS.ClH/c17-15-5-10(16(20)24-15)8-23-14(7-22-4-3-21-9-22)12-2-1-11(18)6-13(12)19;/h1-6,9,14H,7-8H2;1H. The van der Waals surface area contributed by atoms with Gasteiger partial charge in [-0.15, -0.1) is 23.7 Å². The van der Waals surface area contributed by atoms with Crippen LogP contribution in [0.5, 0.6) is 0 Å². The number of imidazole rings is 1. The Hall–Kier alpha value is -0.270. The summed E-state index contributed by atoms with van der Waals surface area (Å²) in [6.07, 6.45) is 5.11. The summed E-state index contributed by atoms with van der Waals surface area (Å²) in [5.74, 6) is 0. The van der Waals surface area contributed by atoms with Crippen LogP contribution in [-0.4, -0.2) is 9.55 Å². The van der Waals surface area contributed by atoms with Crippen molar-refractivity contribution in [2.24, 2.45) is 0 Å².